The maximum absolute atomic E-state index is 13.0. The fourth-order valence-electron chi connectivity index (χ4n) is 4.57. The summed E-state index contributed by atoms with van der Waals surface area (Å²) >= 11 is 0. The molecule has 0 bridgehead atoms. The number of hydrogen-bond acceptors (Lipinski definition) is 4. The van der Waals surface area contributed by atoms with Crippen molar-refractivity contribution in [1.29, 1.82) is 0 Å². The predicted octanol–water partition coefficient (Wildman–Crippen LogP) is 4.77. The zero-order chi connectivity index (χ0) is 22.5. The van der Waals surface area contributed by atoms with Crippen LogP contribution in [0.1, 0.15) is 43.7 Å². The summed E-state index contributed by atoms with van der Waals surface area (Å²) in [4.78, 5) is 25.8. The maximum Gasteiger partial charge on any atom is 0.409 e. The Morgan fingerprint density at radius 1 is 1.06 bits per heavy atom. The Balaban J connectivity index is 1.77. The molecule has 1 aliphatic carbocycles. The zero-order valence-electron chi connectivity index (χ0n) is 18.6. The summed E-state index contributed by atoms with van der Waals surface area (Å²) in [5.74, 6) is -0.931. The van der Waals surface area contributed by atoms with E-state index in [9.17, 15) is 14.7 Å². The average Bonchev–Trinajstić information content (AvgIpc) is 3.10. The third-order valence-electron chi connectivity index (χ3n) is 6.36. The van der Waals surface area contributed by atoms with Crippen LogP contribution in [0.2, 0.25) is 0 Å². The highest BCUT2D eigenvalue weighted by atomic mass is 16.6. The predicted molar refractivity (Wildman–Crippen MR) is 119 cm³/mol. The van der Waals surface area contributed by atoms with E-state index in [-0.39, 0.29) is 24.9 Å². The molecule has 0 radical (unpaired) electrons. The highest BCUT2D eigenvalue weighted by Crippen LogP contribution is 2.44. The molecule has 2 aromatic carbocycles. The SMILES string of the molecule is CCC(C)C(C(CC(=O)O)OC)N(C)C(=O)OCC1c2ccccc2-c2ccccc21. The molecule has 2 aromatic rings. The van der Waals surface area contributed by atoms with Gasteiger partial charge in [0.2, 0.25) is 0 Å². The molecule has 3 atom stereocenters. The van der Waals surface area contributed by atoms with Gasteiger partial charge in [-0.2, -0.15) is 0 Å². The number of fused-ring (bicyclic) bond motifs is 3. The second kappa shape index (κ2) is 9.96. The molecule has 0 saturated heterocycles. The van der Waals surface area contributed by atoms with Crippen LogP contribution in [0, 0.1) is 5.92 Å². The molecule has 6 heteroatoms. The summed E-state index contributed by atoms with van der Waals surface area (Å²) in [6.45, 7) is 4.23. The lowest BCUT2D eigenvalue weighted by Crippen LogP contribution is -2.50. The van der Waals surface area contributed by atoms with Crippen LogP contribution in [0.3, 0.4) is 0 Å². The normalized spacial score (nSPS) is 15.5. The molecule has 1 aliphatic rings. The van der Waals surface area contributed by atoms with Gasteiger partial charge in [-0.3, -0.25) is 4.79 Å². The van der Waals surface area contributed by atoms with E-state index in [4.69, 9.17) is 9.47 Å². The van der Waals surface area contributed by atoms with Crippen molar-refractivity contribution in [3.05, 3.63) is 59.7 Å². The minimum absolute atomic E-state index is 0.0240. The number of carbonyl (C=O) groups is 2. The quantitative estimate of drug-likeness (QED) is 0.626. The number of amides is 1. The average molecular weight is 426 g/mol. The van der Waals surface area contributed by atoms with E-state index >= 15 is 0 Å². The Morgan fingerprint density at radius 3 is 2.10 bits per heavy atom. The van der Waals surface area contributed by atoms with Crippen LogP contribution in [0.25, 0.3) is 11.1 Å². The van der Waals surface area contributed by atoms with E-state index in [0.29, 0.717) is 0 Å². The monoisotopic (exact) mass is 425 g/mol. The second-order valence-electron chi connectivity index (χ2n) is 8.16. The fraction of sp³-hybridized carbons (Fsp3) is 0.440. The summed E-state index contributed by atoms with van der Waals surface area (Å²) in [7, 11) is 3.14. The van der Waals surface area contributed by atoms with E-state index < -0.39 is 24.2 Å². The molecule has 1 amide bonds. The van der Waals surface area contributed by atoms with Crippen molar-refractivity contribution in [2.75, 3.05) is 20.8 Å². The summed E-state index contributed by atoms with van der Waals surface area (Å²) in [5.41, 5.74) is 4.65. The second-order valence-corrected chi connectivity index (χ2v) is 8.16. The first-order valence-electron chi connectivity index (χ1n) is 10.7. The van der Waals surface area contributed by atoms with Gasteiger partial charge in [0.25, 0.3) is 0 Å². The zero-order valence-corrected chi connectivity index (χ0v) is 18.6. The van der Waals surface area contributed by atoms with Crippen molar-refractivity contribution in [2.24, 2.45) is 5.92 Å². The number of methoxy groups -OCH3 is 1. The minimum Gasteiger partial charge on any atom is -0.481 e. The molecular weight excluding hydrogens is 394 g/mol. The van der Waals surface area contributed by atoms with Gasteiger partial charge in [-0.05, 0) is 28.2 Å². The van der Waals surface area contributed by atoms with Crippen molar-refractivity contribution < 1.29 is 24.2 Å². The highest BCUT2D eigenvalue weighted by molar-refractivity contribution is 5.79. The van der Waals surface area contributed by atoms with Crippen LogP contribution in [0.5, 0.6) is 0 Å². The lowest BCUT2D eigenvalue weighted by atomic mass is 9.91. The number of nitrogens with zero attached hydrogens (tertiary/aromatic N) is 1. The lowest BCUT2D eigenvalue weighted by molar-refractivity contribution is -0.141. The van der Waals surface area contributed by atoms with Crippen molar-refractivity contribution in [3.8, 4) is 11.1 Å². The standard InChI is InChI=1S/C25H31NO5/c1-5-16(2)24(22(30-4)14-23(27)28)26(3)25(29)31-15-21-19-12-8-6-10-17(19)18-11-7-9-13-20(18)21/h6-13,16,21-22,24H,5,14-15H2,1-4H3,(H,27,28). The van der Waals surface area contributed by atoms with E-state index in [0.717, 1.165) is 17.5 Å². The van der Waals surface area contributed by atoms with E-state index in [1.807, 2.05) is 38.1 Å². The number of carbonyl (C=O) groups excluding carboxylic acids is 1. The topological polar surface area (TPSA) is 76.1 Å². The number of aliphatic carboxylic acids is 1. The molecule has 0 aromatic heterocycles. The van der Waals surface area contributed by atoms with Crippen LogP contribution in [-0.4, -0.2) is 55.0 Å². The van der Waals surface area contributed by atoms with E-state index in [1.165, 1.54) is 23.1 Å². The molecule has 1 N–H and O–H groups in total. The Labute approximate surface area is 183 Å². The Hall–Kier alpha value is -2.86. The van der Waals surface area contributed by atoms with Gasteiger partial charge in [0.1, 0.15) is 6.61 Å². The van der Waals surface area contributed by atoms with E-state index in [1.54, 1.807) is 7.05 Å². The Morgan fingerprint density at radius 2 is 1.61 bits per heavy atom. The minimum atomic E-state index is -0.957. The molecule has 0 spiro atoms. The number of hydrogen-bond donors (Lipinski definition) is 1. The lowest BCUT2D eigenvalue weighted by Gasteiger charge is -2.36. The first-order valence-corrected chi connectivity index (χ1v) is 10.7. The molecule has 3 unspecified atom stereocenters. The molecule has 0 fully saturated rings. The summed E-state index contributed by atoms with van der Waals surface area (Å²) in [6, 6.07) is 16.0. The van der Waals surface area contributed by atoms with Gasteiger partial charge in [0.05, 0.1) is 18.6 Å². The van der Waals surface area contributed by atoms with Crippen LogP contribution in [0.15, 0.2) is 48.5 Å². The van der Waals surface area contributed by atoms with Crippen molar-refractivity contribution in [3.63, 3.8) is 0 Å². The van der Waals surface area contributed by atoms with E-state index in [2.05, 4.69) is 24.3 Å². The Bertz CT molecular complexity index is 882. The van der Waals surface area contributed by atoms with Crippen molar-refractivity contribution in [1.82, 2.24) is 4.90 Å². The van der Waals surface area contributed by atoms with Gasteiger partial charge in [0.15, 0.2) is 0 Å². The van der Waals surface area contributed by atoms with Gasteiger partial charge in [0, 0.05) is 20.1 Å². The molecule has 166 valence electrons. The summed E-state index contributed by atoms with van der Waals surface area (Å²) < 4.78 is 11.2. The largest absolute Gasteiger partial charge is 0.481 e. The molecule has 6 nitrogen and oxygen atoms in total. The third-order valence-corrected chi connectivity index (χ3v) is 6.36. The number of likely N-dealkylation sites (N-methyl/N-ethyl adjacent to an activating group) is 1. The van der Waals surface area contributed by atoms with Gasteiger partial charge in [-0.25, -0.2) is 4.79 Å². The van der Waals surface area contributed by atoms with Gasteiger partial charge in [-0.15, -0.1) is 0 Å². The Kier molecular flexibility index (Phi) is 7.33. The molecule has 3 rings (SSSR count). The molecular formula is C25H31NO5. The van der Waals surface area contributed by atoms with Crippen molar-refractivity contribution in [2.45, 2.75) is 44.8 Å². The first kappa shape index (κ1) is 22.8. The number of carboxylic acids is 1. The third kappa shape index (κ3) is 4.74. The molecule has 0 aliphatic heterocycles. The van der Waals surface area contributed by atoms with Gasteiger partial charge < -0.3 is 19.5 Å². The number of carboxylic acid groups (broad SMARTS) is 1. The summed E-state index contributed by atoms with van der Waals surface area (Å²) in [5, 5.41) is 9.26. The molecule has 0 saturated carbocycles. The smallest absolute Gasteiger partial charge is 0.409 e. The fourth-order valence-corrected chi connectivity index (χ4v) is 4.57. The highest BCUT2D eigenvalue weighted by Gasteiger charge is 2.35. The van der Waals surface area contributed by atoms with Crippen LogP contribution < -0.4 is 0 Å². The number of rotatable bonds is 9. The maximum atomic E-state index is 13.0. The van der Waals surface area contributed by atoms with Crippen LogP contribution >= 0.6 is 0 Å². The number of benzene rings is 2. The van der Waals surface area contributed by atoms with Crippen LogP contribution in [0.4, 0.5) is 4.79 Å². The van der Waals surface area contributed by atoms with Gasteiger partial charge in [-0.1, -0.05) is 68.8 Å². The molecule has 31 heavy (non-hydrogen) atoms. The summed E-state index contributed by atoms with van der Waals surface area (Å²) in [6.07, 6.45) is -0.477. The first-order chi connectivity index (χ1) is 14.9. The molecule has 0 heterocycles. The van der Waals surface area contributed by atoms with Gasteiger partial charge >= 0.3 is 12.1 Å². The number of ether oxygens (including phenoxy) is 2. The van der Waals surface area contributed by atoms with Crippen LogP contribution in [-0.2, 0) is 14.3 Å². The van der Waals surface area contributed by atoms with Crippen molar-refractivity contribution >= 4 is 12.1 Å².